The van der Waals surface area contributed by atoms with Gasteiger partial charge in [-0.1, -0.05) is 0 Å². The first-order valence-electron chi connectivity index (χ1n) is 6.69. The zero-order valence-corrected chi connectivity index (χ0v) is 13.0. The quantitative estimate of drug-likeness (QED) is 0.825. The summed E-state index contributed by atoms with van der Waals surface area (Å²) in [4.78, 5) is 23.4. The van der Waals surface area contributed by atoms with Crippen LogP contribution in [-0.2, 0) is 4.79 Å². The van der Waals surface area contributed by atoms with Crippen LogP contribution in [0.5, 0.6) is 0 Å². The van der Waals surface area contributed by atoms with E-state index in [0.29, 0.717) is 11.3 Å². The Morgan fingerprint density at radius 3 is 2.39 bits per heavy atom. The molecule has 2 aromatic rings. The molecule has 120 valence electrons. The summed E-state index contributed by atoms with van der Waals surface area (Å²) >= 11 is 0.977. The second kappa shape index (κ2) is 7.73. The lowest BCUT2D eigenvalue weighted by Crippen LogP contribution is -2.18. The van der Waals surface area contributed by atoms with Gasteiger partial charge in [0.05, 0.1) is 5.75 Å². The first-order valence-corrected chi connectivity index (χ1v) is 7.68. The monoisotopic (exact) mass is 336 g/mol. The van der Waals surface area contributed by atoms with E-state index < -0.39 is 11.6 Å². The molecular weight excluding hydrogens is 322 g/mol. The van der Waals surface area contributed by atoms with Gasteiger partial charge >= 0.3 is 0 Å². The van der Waals surface area contributed by atoms with Gasteiger partial charge in [-0.2, -0.15) is 0 Å². The van der Waals surface area contributed by atoms with Gasteiger partial charge in [-0.3, -0.25) is 9.59 Å². The van der Waals surface area contributed by atoms with Gasteiger partial charge in [0.25, 0.3) is 5.91 Å². The van der Waals surface area contributed by atoms with Crippen LogP contribution in [0.15, 0.2) is 47.4 Å². The molecule has 0 aliphatic carbocycles. The van der Waals surface area contributed by atoms with Gasteiger partial charge in [0.1, 0.15) is 11.6 Å². The Labute approximate surface area is 136 Å². The molecule has 2 aromatic carbocycles. The lowest BCUT2D eigenvalue weighted by Gasteiger charge is -2.07. The first kappa shape index (κ1) is 17.0. The maximum atomic E-state index is 13.5. The molecule has 2 N–H and O–H groups in total. The van der Waals surface area contributed by atoms with E-state index in [1.54, 1.807) is 24.3 Å². The molecule has 4 nitrogen and oxygen atoms in total. The number of nitrogens with one attached hydrogen (secondary N) is 2. The van der Waals surface area contributed by atoms with Crippen molar-refractivity contribution in [3.05, 3.63) is 59.7 Å². The maximum Gasteiger partial charge on any atom is 0.251 e. The average molecular weight is 336 g/mol. The minimum Gasteiger partial charge on any atom is -0.355 e. The van der Waals surface area contributed by atoms with Crippen LogP contribution in [0, 0.1) is 11.6 Å². The molecule has 0 saturated heterocycles. The fourth-order valence-corrected chi connectivity index (χ4v) is 2.50. The Balaban J connectivity index is 1.90. The van der Waals surface area contributed by atoms with Gasteiger partial charge in [-0.05, 0) is 36.4 Å². The normalized spacial score (nSPS) is 10.2. The van der Waals surface area contributed by atoms with E-state index in [1.807, 2.05) is 0 Å². The summed E-state index contributed by atoms with van der Waals surface area (Å²) in [6.45, 7) is 0. The molecule has 23 heavy (non-hydrogen) atoms. The van der Waals surface area contributed by atoms with Crippen molar-refractivity contribution in [2.24, 2.45) is 0 Å². The highest BCUT2D eigenvalue weighted by Crippen LogP contribution is 2.22. The molecule has 0 atom stereocenters. The summed E-state index contributed by atoms with van der Waals surface area (Å²) in [7, 11) is 1.53. The number of hydrogen-bond acceptors (Lipinski definition) is 3. The van der Waals surface area contributed by atoms with Crippen LogP contribution in [0.25, 0.3) is 0 Å². The molecule has 0 aliphatic heterocycles. The molecule has 0 unspecified atom stereocenters. The topological polar surface area (TPSA) is 58.2 Å². The number of anilines is 1. The second-order valence-electron chi connectivity index (χ2n) is 4.57. The number of carbonyl (C=O) groups excluding carboxylic acids is 2. The minimum absolute atomic E-state index is 0.0141. The molecule has 7 heteroatoms. The lowest BCUT2D eigenvalue weighted by atomic mass is 10.2. The van der Waals surface area contributed by atoms with Gasteiger partial charge in [-0.25, -0.2) is 8.78 Å². The Bertz CT molecular complexity index is 721. The largest absolute Gasteiger partial charge is 0.355 e. The number of carbonyl (C=O) groups is 2. The van der Waals surface area contributed by atoms with E-state index in [0.717, 1.165) is 23.9 Å². The minimum atomic E-state index is -0.697. The number of rotatable bonds is 5. The van der Waals surface area contributed by atoms with E-state index >= 15 is 0 Å². The van der Waals surface area contributed by atoms with Gasteiger partial charge in [0.2, 0.25) is 5.91 Å². The molecule has 2 rings (SSSR count). The molecule has 0 radical (unpaired) electrons. The summed E-state index contributed by atoms with van der Waals surface area (Å²) < 4.78 is 26.2. The molecule has 0 bridgehead atoms. The third-order valence-corrected chi connectivity index (χ3v) is 3.96. The van der Waals surface area contributed by atoms with Gasteiger partial charge in [0.15, 0.2) is 0 Å². The smallest absolute Gasteiger partial charge is 0.251 e. The van der Waals surface area contributed by atoms with Crippen LogP contribution in [0.2, 0.25) is 0 Å². The third-order valence-electron chi connectivity index (χ3n) is 2.91. The summed E-state index contributed by atoms with van der Waals surface area (Å²) in [6.07, 6.45) is 0. The van der Waals surface area contributed by atoms with Crippen LogP contribution in [0.3, 0.4) is 0 Å². The molecule has 2 amide bonds. The van der Waals surface area contributed by atoms with Crippen molar-refractivity contribution in [3.63, 3.8) is 0 Å². The number of amides is 2. The fraction of sp³-hybridized carbons (Fsp3) is 0.125. The van der Waals surface area contributed by atoms with Crippen LogP contribution in [0.4, 0.5) is 14.5 Å². The highest BCUT2D eigenvalue weighted by molar-refractivity contribution is 8.00. The zero-order chi connectivity index (χ0) is 16.8. The number of halogens is 2. The Morgan fingerprint density at radius 1 is 1.09 bits per heavy atom. The molecule has 0 fully saturated rings. The molecular formula is C16H14F2N2O2S. The molecule has 0 saturated carbocycles. The van der Waals surface area contributed by atoms with E-state index in [1.165, 1.54) is 13.1 Å². The van der Waals surface area contributed by atoms with E-state index in [-0.39, 0.29) is 22.5 Å². The van der Waals surface area contributed by atoms with Gasteiger partial charge in [-0.15, -0.1) is 11.8 Å². The van der Waals surface area contributed by atoms with Crippen LogP contribution >= 0.6 is 11.8 Å². The van der Waals surface area contributed by atoms with Crippen molar-refractivity contribution in [1.29, 1.82) is 0 Å². The second-order valence-corrected chi connectivity index (χ2v) is 5.59. The summed E-state index contributed by atoms with van der Waals surface area (Å²) in [5, 5.41) is 5.14. The number of benzene rings is 2. The number of thioether (sulfide) groups is 1. The van der Waals surface area contributed by atoms with E-state index in [4.69, 9.17) is 0 Å². The molecule has 0 spiro atoms. The van der Waals surface area contributed by atoms with Gasteiger partial charge < -0.3 is 10.6 Å². The Morgan fingerprint density at radius 2 is 1.78 bits per heavy atom. The van der Waals surface area contributed by atoms with Crippen molar-refractivity contribution < 1.29 is 18.4 Å². The van der Waals surface area contributed by atoms with Crippen LogP contribution in [0.1, 0.15) is 10.4 Å². The summed E-state index contributed by atoms with van der Waals surface area (Å²) in [6, 6.07) is 9.58. The summed E-state index contributed by atoms with van der Waals surface area (Å²) in [5.41, 5.74) is 1.01. The first-order chi connectivity index (χ1) is 11.0. The SMILES string of the molecule is CNC(=O)c1ccc(NC(=O)CSc2ccc(F)cc2F)cc1. The average Bonchev–Trinajstić information content (AvgIpc) is 2.54. The van der Waals surface area contributed by atoms with Crippen LogP contribution in [-0.4, -0.2) is 24.6 Å². The third kappa shape index (κ3) is 4.79. The molecule has 0 aromatic heterocycles. The number of hydrogen-bond donors (Lipinski definition) is 2. The predicted molar refractivity (Wildman–Crippen MR) is 85.5 cm³/mol. The van der Waals surface area contributed by atoms with E-state index in [9.17, 15) is 18.4 Å². The standard InChI is InChI=1S/C16H14F2N2O2S/c1-19-16(22)10-2-5-12(6-3-10)20-15(21)9-23-14-7-4-11(17)8-13(14)18/h2-8H,9H2,1H3,(H,19,22)(H,20,21). The van der Waals surface area contributed by atoms with Crippen molar-refractivity contribution >= 4 is 29.3 Å². The van der Waals surface area contributed by atoms with Crippen molar-refractivity contribution in [1.82, 2.24) is 5.32 Å². The van der Waals surface area contributed by atoms with E-state index in [2.05, 4.69) is 10.6 Å². The predicted octanol–water partition coefficient (Wildman–Crippen LogP) is 3.06. The summed E-state index contributed by atoms with van der Waals surface area (Å²) in [5.74, 6) is -1.92. The van der Waals surface area contributed by atoms with Crippen LogP contribution < -0.4 is 10.6 Å². The Hall–Kier alpha value is -2.41. The zero-order valence-electron chi connectivity index (χ0n) is 12.2. The van der Waals surface area contributed by atoms with Crippen molar-refractivity contribution in [2.75, 3.05) is 18.1 Å². The molecule has 0 heterocycles. The highest BCUT2D eigenvalue weighted by Gasteiger charge is 2.09. The van der Waals surface area contributed by atoms with Gasteiger partial charge in [0, 0.05) is 29.3 Å². The Kier molecular flexibility index (Phi) is 5.70. The highest BCUT2D eigenvalue weighted by atomic mass is 32.2. The lowest BCUT2D eigenvalue weighted by molar-refractivity contribution is -0.113. The van der Waals surface area contributed by atoms with Crippen molar-refractivity contribution in [3.8, 4) is 0 Å². The fourth-order valence-electron chi connectivity index (χ4n) is 1.78. The van der Waals surface area contributed by atoms with Crippen molar-refractivity contribution in [2.45, 2.75) is 4.90 Å². The maximum absolute atomic E-state index is 13.5. The molecule has 0 aliphatic rings.